The van der Waals surface area contributed by atoms with Crippen LogP contribution in [-0.2, 0) is 6.42 Å². The smallest absolute Gasteiger partial charge is 0.253 e. The minimum absolute atomic E-state index is 0.0525. The molecule has 1 amide bonds. The Balaban J connectivity index is 2.69. The van der Waals surface area contributed by atoms with Crippen LogP contribution in [0.2, 0.25) is 0 Å². The van der Waals surface area contributed by atoms with Crippen LogP contribution in [0.25, 0.3) is 0 Å². The highest BCUT2D eigenvalue weighted by Crippen LogP contribution is 2.21. The van der Waals surface area contributed by atoms with Crippen molar-refractivity contribution < 1.29 is 4.79 Å². The number of nitrogens with zero attached hydrogens (tertiary/aromatic N) is 2. The Kier molecular flexibility index (Phi) is 6.07. The molecule has 0 aliphatic carbocycles. The molecule has 0 unspecified atom stereocenters. The minimum atomic E-state index is -0.0688. The molecule has 0 bridgehead atoms. The Labute approximate surface area is 121 Å². The van der Waals surface area contributed by atoms with Crippen LogP contribution in [0.4, 0.5) is 0 Å². The van der Waals surface area contributed by atoms with E-state index in [0.717, 1.165) is 24.2 Å². The average molecular weight is 278 g/mol. The number of nitrogens with one attached hydrogen (secondary N) is 1. The summed E-state index contributed by atoms with van der Waals surface area (Å²) in [5.74, 6) is -0.0688. The van der Waals surface area contributed by atoms with Gasteiger partial charge in [0.2, 0.25) is 0 Å². The Bertz CT molecular complexity index is 457. The monoisotopic (exact) mass is 278 g/mol. The topological polar surface area (TPSA) is 80.9 Å². The van der Waals surface area contributed by atoms with Gasteiger partial charge in [-0.3, -0.25) is 4.79 Å². The second-order valence-electron chi connectivity index (χ2n) is 5.94. The number of rotatable bonds is 7. The maximum atomic E-state index is 12.3. The first-order valence-corrected chi connectivity index (χ1v) is 7.21. The lowest BCUT2D eigenvalue weighted by molar-refractivity contribution is 0.0932. The minimum Gasteiger partial charge on any atom is -0.351 e. The molecule has 0 spiro atoms. The zero-order valence-electron chi connectivity index (χ0n) is 13.0. The third kappa shape index (κ3) is 4.89. The van der Waals surface area contributed by atoms with E-state index in [9.17, 15) is 4.79 Å². The van der Waals surface area contributed by atoms with E-state index in [1.54, 1.807) is 6.07 Å². The molecule has 3 N–H and O–H groups in total. The molecule has 5 nitrogen and oxygen atoms in total. The van der Waals surface area contributed by atoms with Gasteiger partial charge in [0.25, 0.3) is 5.91 Å². The third-order valence-electron chi connectivity index (χ3n) is 3.36. The van der Waals surface area contributed by atoms with Crippen LogP contribution in [0.1, 0.15) is 55.4 Å². The Morgan fingerprint density at radius 1 is 1.40 bits per heavy atom. The lowest BCUT2D eigenvalue weighted by atomic mass is 9.87. The number of hydrogen-bond donors (Lipinski definition) is 2. The van der Waals surface area contributed by atoms with Gasteiger partial charge >= 0.3 is 0 Å². The number of aryl methyl sites for hydroxylation is 2. The largest absolute Gasteiger partial charge is 0.351 e. The second kappa shape index (κ2) is 7.33. The van der Waals surface area contributed by atoms with Crippen molar-refractivity contribution in [2.75, 3.05) is 13.1 Å². The van der Waals surface area contributed by atoms with Gasteiger partial charge in [0.15, 0.2) is 0 Å². The summed E-state index contributed by atoms with van der Waals surface area (Å²) in [6.45, 7) is 9.41. The lowest BCUT2D eigenvalue weighted by Gasteiger charge is -2.24. The van der Waals surface area contributed by atoms with Crippen LogP contribution in [0.15, 0.2) is 6.07 Å². The van der Waals surface area contributed by atoms with Crippen molar-refractivity contribution in [1.29, 1.82) is 0 Å². The van der Waals surface area contributed by atoms with E-state index in [2.05, 4.69) is 29.4 Å². The van der Waals surface area contributed by atoms with Gasteiger partial charge in [-0.25, -0.2) is 0 Å². The summed E-state index contributed by atoms with van der Waals surface area (Å²) in [7, 11) is 0. The van der Waals surface area contributed by atoms with Crippen molar-refractivity contribution in [3.05, 3.63) is 23.0 Å². The molecule has 20 heavy (non-hydrogen) atoms. The molecule has 0 aliphatic rings. The molecule has 0 saturated carbocycles. The molecule has 5 heteroatoms. The first kappa shape index (κ1) is 16.6. The molecular formula is C15H26N4O. The van der Waals surface area contributed by atoms with Crippen molar-refractivity contribution in [3.63, 3.8) is 0 Å². The molecule has 0 radical (unpaired) electrons. The van der Waals surface area contributed by atoms with Crippen molar-refractivity contribution in [3.8, 4) is 0 Å². The number of carbonyl (C=O) groups excluding carboxylic acids is 1. The molecule has 0 fully saturated rings. The maximum absolute atomic E-state index is 12.3. The Hall–Kier alpha value is -1.49. The highest BCUT2D eigenvalue weighted by Gasteiger charge is 2.20. The first-order chi connectivity index (χ1) is 9.39. The number of hydrogen-bond acceptors (Lipinski definition) is 4. The van der Waals surface area contributed by atoms with Gasteiger partial charge in [-0.15, -0.1) is 0 Å². The highest BCUT2D eigenvalue weighted by molar-refractivity contribution is 5.95. The van der Waals surface area contributed by atoms with E-state index in [0.29, 0.717) is 25.1 Å². The fourth-order valence-corrected chi connectivity index (χ4v) is 2.06. The number of aromatic nitrogens is 2. The van der Waals surface area contributed by atoms with Crippen LogP contribution in [0, 0.1) is 12.3 Å². The summed E-state index contributed by atoms with van der Waals surface area (Å²) in [6.07, 6.45) is 2.67. The van der Waals surface area contributed by atoms with Crippen LogP contribution in [0.3, 0.4) is 0 Å². The predicted molar refractivity (Wildman–Crippen MR) is 80.5 cm³/mol. The van der Waals surface area contributed by atoms with Crippen molar-refractivity contribution in [1.82, 2.24) is 15.5 Å². The van der Waals surface area contributed by atoms with E-state index < -0.39 is 0 Å². The van der Waals surface area contributed by atoms with Crippen molar-refractivity contribution >= 4 is 5.91 Å². The molecule has 0 saturated heterocycles. The zero-order chi connectivity index (χ0) is 15.2. The summed E-state index contributed by atoms with van der Waals surface area (Å²) in [4.78, 5) is 12.3. The standard InChI is InChI=1S/C15H26N4O/c1-5-13-12(9-11(2)18-19-13)14(20)17-10-15(3,4)7-6-8-16/h9H,5-8,10,16H2,1-4H3,(H,17,20). The van der Waals surface area contributed by atoms with Crippen LogP contribution in [-0.4, -0.2) is 29.2 Å². The van der Waals surface area contributed by atoms with E-state index in [1.807, 2.05) is 13.8 Å². The molecule has 0 aliphatic heterocycles. The van der Waals surface area contributed by atoms with Gasteiger partial charge in [-0.05, 0) is 44.2 Å². The third-order valence-corrected chi connectivity index (χ3v) is 3.36. The SMILES string of the molecule is CCc1nnc(C)cc1C(=O)NCC(C)(C)CCCN. The molecule has 0 aromatic carbocycles. The molecule has 1 heterocycles. The van der Waals surface area contributed by atoms with Crippen molar-refractivity contribution in [2.45, 2.75) is 47.0 Å². The normalized spacial score (nSPS) is 11.4. The molecule has 1 aromatic rings. The predicted octanol–water partition coefficient (Wildman–Crippen LogP) is 1.84. The first-order valence-electron chi connectivity index (χ1n) is 7.21. The van der Waals surface area contributed by atoms with Crippen LogP contribution >= 0.6 is 0 Å². The molecule has 0 atom stereocenters. The quantitative estimate of drug-likeness (QED) is 0.797. The fraction of sp³-hybridized carbons (Fsp3) is 0.667. The lowest BCUT2D eigenvalue weighted by Crippen LogP contribution is -2.35. The number of amides is 1. The molecular weight excluding hydrogens is 252 g/mol. The van der Waals surface area contributed by atoms with Crippen molar-refractivity contribution in [2.24, 2.45) is 11.1 Å². The number of nitrogens with two attached hydrogens (primary N) is 1. The molecule has 1 aromatic heterocycles. The van der Waals surface area contributed by atoms with Gasteiger partial charge in [0.1, 0.15) is 0 Å². The van der Waals surface area contributed by atoms with Gasteiger partial charge in [-0.2, -0.15) is 10.2 Å². The highest BCUT2D eigenvalue weighted by atomic mass is 16.1. The van der Waals surface area contributed by atoms with Crippen LogP contribution in [0.5, 0.6) is 0 Å². The summed E-state index contributed by atoms with van der Waals surface area (Å²) >= 11 is 0. The summed E-state index contributed by atoms with van der Waals surface area (Å²) < 4.78 is 0. The van der Waals surface area contributed by atoms with E-state index in [1.165, 1.54) is 0 Å². The summed E-state index contributed by atoms with van der Waals surface area (Å²) in [6, 6.07) is 1.80. The zero-order valence-corrected chi connectivity index (χ0v) is 13.0. The molecule has 1 rings (SSSR count). The van der Waals surface area contributed by atoms with Crippen LogP contribution < -0.4 is 11.1 Å². The molecule has 112 valence electrons. The van der Waals surface area contributed by atoms with E-state index >= 15 is 0 Å². The number of carbonyl (C=O) groups is 1. The Morgan fingerprint density at radius 2 is 2.10 bits per heavy atom. The Morgan fingerprint density at radius 3 is 2.70 bits per heavy atom. The summed E-state index contributed by atoms with van der Waals surface area (Å²) in [5, 5.41) is 11.1. The maximum Gasteiger partial charge on any atom is 0.253 e. The van der Waals surface area contributed by atoms with Gasteiger partial charge < -0.3 is 11.1 Å². The average Bonchev–Trinajstić information content (AvgIpc) is 2.42. The van der Waals surface area contributed by atoms with E-state index in [-0.39, 0.29) is 11.3 Å². The van der Waals surface area contributed by atoms with Gasteiger partial charge in [-0.1, -0.05) is 20.8 Å². The fourth-order valence-electron chi connectivity index (χ4n) is 2.06. The summed E-state index contributed by atoms with van der Waals surface area (Å²) in [5.41, 5.74) is 7.72. The van der Waals surface area contributed by atoms with Gasteiger partial charge in [0, 0.05) is 6.54 Å². The van der Waals surface area contributed by atoms with E-state index in [4.69, 9.17) is 5.73 Å². The van der Waals surface area contributed by atoms with Gasteiger partial charge in [0.05, 0.1) is 17.0 Å². The second-order valence-corrected chi connectivity index (χ2v) is 5.94.